The molecular formula is C14H27ClN2O. The minimum atomic E-state index is 0. The van der Waals surface area contributed by atoms with Gasteiger partial charge in [-0.15, -0.1) is 19.0 Å². The highest BCUT2D eigenvalue weighted by molar-refractivity contribution is 5.85. The Hall–Kier alpha value is -0.540. The van der Waals surface area contributed by atoms with Gasteiger partial charge in [0.05, 0.1) is 0 Å². The maximum atomic E-state index is 12.1. The van der Waals surface area contributed by atoms with Crippen molar-refractivity contribution in [2.45, 2.75) is 38.5 Å². The number of carbonyl (C=O) groups excluding carboxylic acids is 1. The van der Waals surface area contributed by atoms with Gasteiger partial charge in [-0.3, -0.25) is 4.79 Å². The molecule has 3 nitrogen and oxygen atoms in total. The average molecular weight is 275 g/mol. The van der Waals surface area contributed by atoms with Crippen LogP contribution in [0.15, 0.2) is 12.7 Å². The molecule has 0 aromatic heterocycles. The first-order valence-electron chi connectivity index (χ1n) is 6.82. The summed E-state index contributed by atoms with van der Waals surface area (Å²) in [5, 5.41) is 3.29. The monoisotopic (exact) mass is 274 g/mol. The molecule has 0 aromatic rings. The zero-order valence-electron chi connectivity index (χ0n) is 11.5. The summed E-state index contributed by atoms with van der Waals surface area (Å²) in [6.45, 7) is 6.59. The minimum Gasteiger partial charge on any atom is -0.346 e. The number of nitrogens with zero attached hydrogens (tertiary/aromatic N) is 1. The summed E-state index contributed by atoms with van der Waals surface area (Å²) in [6, 6.07) is 0. The summed E-state index contributed by atoms with van der Waals surface area (Å²) in [7, 11) is 1.94. The van der Waals surface area contributed by atoms with Gasteiger partial charge in [-0.2, -0.15) is 0 Å². The molecule has 0 aliphatic carbocycles. The van der Waals surface area contributed by atoms with E-state index < -0.39 is 0 Å². The van der Waals surface area contributed by atoms with Crippen LogP contribution in [0.5, 0.6) is 0 Å². The molecule has 0 saturated carbocycles. The van der Waals surface area contributed by atoms with E-state index in [2.05, 4.69) is 11.9 Å². The molecule has 18 heavy (non-hydrogen) atoms. The van der Waals surface area contributed by atoms with Crippen LogP contribution < -0.4 is 5.32 Å². The molecule has 1 heterocycles. The van der Waals surface area contributed by atoms with E-state index >= 15 is 0 Å². The first-order chi connectivity index (χ1) is 8.25. The highest BCUT2D eigenvalue weighted by atomic mass is 35.5. The van der Waals surface area contributed by atoms with E-state index in [9.17, 15) is 4.79 Å². The van der Waals surface area contributed by atoms with Crippen molar-refractivity contribution in [3.8, 4) is 0 Å². The van der Waals surface area contributed by atoms with Crippen LogP contribution in [-0.2, 0) is 4.79 Å². The number of hydrogen-bond acceptors (Lipinski definition) is 2. The highest BCUT2D eigenvalue weighted by Crippen LogP contribution is 2.14. The number of amides is 1. The Morgan fingerprint density at radius 3 is 2.61 bits per heavy atom. The lowest BCUT2D eigenvalue weighted by atomic mass is 9.96. The molecule has 1 amide bonds. The van der Waals surface area contributed by atoms with E-state index in [-0.39, 0.29) is 18.3 Å². The number of hydrogen-bond donors (Lipinski definition) is 1. The van der Waals surface area contributed by atoms with Crippen LogP contribution >= 0.6 is 12.4 Å². The molecule has 1 rings (SSSR count). The fraction of sp³-hybridized carbons (Fsp3) is 0.786. The summed E-state index contributed by atoms with van der Waals surface area (Å²) in [4.78, 5) is 14.0. The van der Waals surface area contributed by atoms with Crippen LogP contribution in [-0.4, -0.2) is 37.5 Å². The molecule has 4 heteroatoms. The summed E-state index contributed by atoms with van der Waals surface area (Å²) in [6.07, 6.45) is 8.55. The zero-order valence-corrected chi connectivity index (χ0v) is 12.3. The molecule has 1 fully saturated rings. The SMILES string of the molecule is C=CCCCCCN(C)C(=O)C1CCNCC1.Cl. The third-order valence-corrected chi connectivity index (χ3v) is 3.47. The molecule has 1 saturated heterocycles. The summed E-state index contributed by atoms with van der Waals surface area (Å²) in [5.41, 5.74) is 0. The molecular weight excluding hydrogens is 248 g/mol. The van der Waals surface area contributed by atoms with Crippen molar-refractivity contribution >= 4 is 18.3 Å². The second kappa shape index (κ2) is 10.4. The Morgan fingerprint density at radius 2 is 2.00 bits per heavy atom. The van der Waals surface area contributed by atoms with Crippen molar-refractivity contribution in [2.24, 2.45) is 5.92 Å². The van der Waals surface area contributed by atoms with Gasteiger partial charge in [0.1, 0.15) is 0 Å². The molecule has 1 N–H and O–H groups in total. The Labute approximate surface area is 117 Å². The molecule has 0 radical (unpaired) electrons. The fourth-order valence-corrected chi connectivity index (χ4v) is 2.31. The molecule has 0 unspecified atom stereocenters. The van der Waals surface area contributed by atoms with Crippen molar-refractivity contribution in [3.05, 3.63) is 12.7 Å². The minimum absolute atomic E-state index is 0. The average Bonchev–Trinajstić information content (AvgIpc) is 2.38. The Balaban J connectivity index is 0.00000289. The smallest absolute Gasteiger partial charge is 0.225 e. The molecule has 106 valence electrons. The normalized spacial score (nSPS) is 15.8. The van der Waals surface area contributed by atoms with Gasteiger partial charge in [-0.25, -0.2) is 0 Å². The van der Waals surface area contributed by atoms with Crippen molar-refractivity contribution < 1.29 is 4.79 Å². The van der Waals surface area contributed by atoms with Crippen molar-refractivity contribution in [3.63, 3.8) is 0 Å². The van der Waals surface area contributed by atoms with E-state index in [1.54, 1.807) is 0 Å². The molecule has 0 aromatic carbocycles. The van der Waals surface area contributed by atoms with Crippen LogP contribution in [0, 0.1) is 5.92 Å². The number of halogens is 1. The van der Waals surface area contributed by atoms with Gasteiger partial charge in [0, 0.05) is 19.5 Å². The Bertz CT molecular complexity index is 240. The molecule has 0 atom stereocenters. The standard InChI is InChI=1S/C14H26N2O.ClH/c1-3-4-5-6-7-12-16(2)14(17)13-8-10-15-11-9-13;/h3,13,15H,1,4-12H2,2H3;1H. The Morgan fingerprint density at radius 1 is 1.33 bits per heavy atom. The van der Waals surface area contributed by atoms with E-state index in [4.69, 9.17) is 0 Å². The first kappa shape index (κ1) is 17.5. The summed E-state index contributed by atoms with van der Waals surface area (Å²) < 4.78 is 0. The van der Waals surface area contributed by atoms with E-state index in [1.807, 2.05) is 18.0 Å². The summed E-state index contributed by atoms with van der Waals surface area (Å²) >= 11 is 0. The summed E-state index contributed by atoms with van der Waals surface area (Å²) in [5.74, 6) is 0.602. The number of allylic oxidation sites excluding steroid dienone is 1. The number of piperidine rings is 1. The van der Waals surface area contributed by atoms with E-state index in [0.29, 0.717) is 5.91 Å². The van der Waals surface area contributed by atoms with Gasteiger partial charge in [0.15, 0.2) is 0 Å². The lowest BCUT2D eigenvalue weighted by Gasteiger charge is -2.26. The molecule has 1 aliphatic heterocycles. The lowest BCUT2D eigenvalue weighted by Crippen LogP contribution is -2.39. The second-order valence-electron chi connectivity index (χ2n) is 4.92. The number of nitrogens with one attached hydrogen (secondary N) is 1. The number of carbonyl (C=O) groups is 1. The quantitative estimate of drug-likeness (QED) is 0.572. The first-order valence-corrected chi connectivity index (χ1v) is 6.82. The van der Waals surface area contributed by atoms with Crippen molar-refractivity contribution in [1.82, 2.24) is 10.2 Å². The van der Waals surface area contributed by atoms with Crippen LogP contribution in [0.3, 0.4) is 0 Å². The second-order valence-corrected chi connectivity index (χ2v) is 4.92. The van der Waals surface area contributed by atoms with Crippen molar-refractivity contribution in [1.29, 1.82) is 0 Å². The van der Waals surface area contributed by atoms with Crippen LogP contribution in [0.1, 0.15) is 38.5 Å². The van der Waals surface area contributed by atoms with Gasteiger partial charge >= 0.3 is 0 Å². The van der Waals surface area contributed by atoms with Crippen LogP contribution in [0.4, 0.5) is 0 Å². The van der Waals surface area contributed by atoms with E-state index in [1.165, 1.54) is 12.8 Å². The topological polar surface area (TPSA) is 32.3 Å². The number of rotatable bonds is 7. The molecule has 1 aliphatic rings. The predicted molar refractivity (Wildman–Crippen MR) is 79.1 cm³/mol. The predicted octanol–water partition coefficient (Wildman–Crippen LogP) is 2.61. The van der Waals surface area contributed by atoms with Gasteiger partial charge in [0.25, 0.3) is 0 Å². The largest absolute Gasteiger partial charge is 0.346 e. The third-order valence-electron chi connectivity index (χ3n) is 3.47. The maximum Gasteiger partial charge on any atom is 0.225 e. The highest BCUT2D eigenvalue weighted by Gasteiger charge is 2.23. The van der Waals surface area contributed by atoms with Crippen LogP contribution in [0.2, 0.25) is 0 Å². The molecule has 0 spiro atoms. The lowest BCUT2D eigenvalue weighted by molar-refractivity contribution is -0.135. The Kier molecular flexibility index (Phi) is 10.1. The van der Waals surface area contributed by atoms with Gasteiger partial charge in [-0.1, -0.05) is 12.5 Å². The zero-order chi connectivity index (χ0) is 12.5. The maximum absolute atomic E-state index is 12.1. The van der Waals surface area contributed by atoms with Gasteiger partial charge < -0.3 is 10.2 Å². The van der Waals surface area contributed by atoms with Gasteiger partial charge in [-0.05, 0) is 45.2 Å². The fourth-order valence-electron chi connectivity index (χ4n) is 2.31. The molecule has 0 bridgehead atoms. The third kappa shape index (κ3) is 6.41. The van der Waals surface area contributed by atoms with E-state index in [0.717, 1.165) is 45.3 Å². The number of unbranched alkanes of at least 4 members (excludes halogenated alkanes) is 3. The van der Waals surface area contributed by atoms with Crippen LogP contribution in [0.25, 0.3) is 0 Å². The van der Waals surface area contributed by atoms with Gasteiger partial charge in [0.2, 0.25) is 5.91 Å². The van der Waals surface area contributed by atoms with Crippen molar-refractivity contribution in [2.75, 3.05) is 26.7 Å².